The Bertz CT molecular complexity index is 120. The highest BCUT2D eigenvalue weighted by Crippen LogP contribution is 2.03. The van der Waals surface area contributed by atoms with Gasteiger partial charge in [-0.2, -0.15) is 0 Å². The molecule has 0 saturated carbocycles. The van der Waals surface area contributed by atoms with Crippen LogP contribution < -0.4 is 0 Å². The zero-order valence-corrected chi connectivity index (χ0v) is 7.13. The normalized spacial score (nSPS) is 10.2. The topological polar surface area (TPSA) is 0 Å². The molecule has 0 nitrogen and oxygen atoms in total. The zero-order valence-electron chi connectivity index (χ0n) is 7.13. The molecule has 0 N–H and O–H groups in total. The molecule has 11 heavy (non-hydrogen) atoms. The molecule has 0 fully saturated rings. The summed E-state index contributed by atoms with van der Waals surface area (Å²) in [6.07, 6.45) is 13.7. The molecular formula is C11H17. The molecule has 0 aromatic heterocycles. The van der Waals surface area contributed by atoms with E-state index in [4.69, 9.17) is 6.58 Å². The summed E-state index contributed by atoms with van der Waals surface area (Å²) in [5, 5.41) is 0. The number of hydrogen-bond acceptors (Lipinski definition) is 0. The zero-order chi connectivity index (χ0) is 8.36. The Morgan fingerprint density at radius 1 is 1.09 bits per heavy atom. The number of allylic oxidation sites excluding steroid dienone is 4. The minimum Gasteiger partial charge on any atom is -0.0991 e. The smallest absolute Gasteiger partial charge is 0.0348 e. The molecule has 0 atom stereocenters. The van der Waals surface area contributed by atoms with Crippen LogP contribution in [0.5, 0.6) is 0 Å². The van der Waals surface area contributed by atoms with Crippen LogP contribution in [0.3, 0.4) is 0 Å². The third-order valence-electron chi connectivity index (χ3n) is 1.51. The molecule has 0 bridgehead atoms. The molecule has 0 aliphatic rings. The summed E-state index contributed by atoms with van der Waals surface area (Å²) < 4.78 is 0. The van der Waals surface area contributed by atoms with Gasteiger partial charge in [-0.25, -0.2) is 0 Å². The lowest BCUT2D eigenvalue weighted by Gasteiger charge is -1.93. The fourth-order valence-electron chi connectivity index (χ4n) is 0.894. The van der Waals surface area contributed by atoms with Crippen LogP contribution in [0.4, 0.5) is 0 Å². The fourth-order valence-corrected chi connectivity index (χ4v) is 0.894. The largest absolute Gasteiger partial charge is 0.0991 e. The Morgan fingerprint density at radius 2 is 1.82 bits per heavy atom. The van der Waals surface area contributed by atoms with Gasteiger partial charge >= 0.3 is 0 Å². The first kappa shape index (κ1) is 10.2. The molecule has 0 aromatic rings. The van der Waals surface area contributed by atoms with Crippen molar-refractivity contribution in [3.8, 4) is 0 Å². The fraction of sp³-hybridized carbons (Fsp3) is 0.455. The highest BCUT2D eigenvalue weighted by Gasteiger charge is 1.83. The molecule has 0 amide bonds. The van der Waals surface area contributed by atoms with Crippen LogP contribution in [-0.2, 0) is 0 Å². The number of hydrogen-bond donors (Lipinski definition) is 0. The van der Waals surface area contributed by atoms with Gasteiger partial charge in [0, 0.05) is 0 Å². The van der Waals surface area contributed by atoms with Crippen molar-refractivity contribution in [1.82, 2.24) is 0 Å². The lowest BCUT2D eigenvalue weighted by Crippen LogP contribution is -1.73. The average molecular weight is 149 g/mol. The molecule has 0 aromatic carbocycles. The maximum atomic E-state index is 5.24. The van der Waals surface area contributed by atoms with Crippen LogP contribution in [0.25, 0.3) is 0 Å². The van der Waals surface area contributed by atoms with Crippen LogP contribution in [0.2, 0.25) is 0 Å². The first-order valence-corrected chi connectivity index (χ1v) is 4.22. The molecule has 0 aliphatic carbocycles. The van der Waals surface area contributed by atoms with Gasteiger partial charge in [-0.05, 0) is 25.7 Å². The Labute approximate surface area is 70.3 Å². The monoisotopic (exact) mass is 149 g/mol. The SMILES string of the molecule is [CH]=CCCCCCC=CC=C. The van der Waals surface area contributed by atoms with E-state index in [1.807, 2.05) is 12.2 Å². The van der Waals surface area contributed by atoms with Gasteiger partial charge in [0.1, 0.15) is 0 Å². The van der Waals surface area contributed by atoms with Crippen molar-refractivity contribution in [2.75, 3.05) is 0 Å². The predicted octanol–water partition coefficient (Wildman–Crippen LogP) is 3.67. The van der Waals surface area contributed by atoms with Gasteiger partial charge in [-0.3, -0.25) is 0 Å². The van der Waals surface area contributed by atoms with E-state index in [-0.39, 0.29) is 0 Å². The van der Waals surface area contributed by atoms with Gasteiger partial charge in [0.25, 0.3) is 0 Å². The second-order valence-corrected chi connectivity index (χ2v) is 2.54. The summed E-state index contributed by atoms with van der Waals surface area (Å²) in [5.41, 5.74) is 0. The molecule has 0 rings (SSSR count). The van der Waals surface area contributed by atoms with Crippen LogP contribution >= 0.6 is 0 Å². The summed E-state index contributed by atoms with van der Waals surface area (Å²) in [7, 11) is 0. The van der Waals surface area contributed by atoms with Gasteiger partial charge in [-0.15, -0.1) is 0 Å². The third kappa shape index (κ3) is 9.22. The van der Waals surface area contributed by atoms with E-state index in [0.29, 0.717) is 0 Å². The van der Waals surface area contributed by atoms with Crippen LogP contribution in [-0.4, -0.2) is 0 Å². The molecule has 0 heteroatoms. The lowest BCUT2D eigenvalue weighted by molar-refractivity contribution is 0.696. The van der Waals surface area contributed by atoms with Gasteiger partial charge in [0.15, 0.2) is 0 Å². The molecule has 0 aliphatic heterocycles. The molecule has 0 heterocycles. The van der Waals surface area contributed by atoms with E-state index >= 15 is 0 Å². The van der Waals surface area contributed by atoms with E-state index in [9.17, 15) is 0 Å². The van der Waals surface area contributed by atoms with Crippen molar-refractivity contribution in [3.63, 3.8) is 0 Å². The van der Waals surface area contributed by atoms with E-state index in [1.165, 1.54) is 19.3 Å². The Kier molecular flexibility index (Phi) is 8.57. The minimum atomic E-state index is 1.05. The Balaban J connectivity index is 2.95. The second-order valence-electron chi connectivity index (χ2n) is 2.54. The van der Waals surface area contributed by atoms with E-state index < -0.39 is 0 Å². The third-order valence-corrected chi connectivity index (χ3v) is 1.51. The summed E-state index contributed by atoms with van der Waals surface area (Å²) in [5.74, 6) is 0. The van der Waals surface area contributed by atoms with Crippen LogP contribution in [0, 0.1) is 6.58 Å². The van der Waals surface area contributed by atoms with E-state index in [2.05, 4.69) is 12.7 Å². The van der Waals surface area contributed by atoms with Crippen molar-refractivity contribution in [1.29, 1.82) is 0 Å². The van der Waals surface area contributed by atoms with Gasteiger partial charge < -0.3 is 0 Å². The Hall–Kier alpha value is -0.780. The first-order chi connectivity index (χ1) is 5.41. The highest BCUT2D eigenvalue weighted by molar-refractivity contribution is 4.96. The first-order valence-electron chi connectivity index (χ1n) is 4.22. The predicted molar refractivity (Wildman–Crippen MR) is 51.3 cm³/mol. The molecular weight excluding hydrogens is 132 g/mol. The number of rotatable bonds is 7. The van der Waals surface area contributed by atoms with E-state index in [0.717, 1.165) is 12.8 Å². The average Bonchev–Trinajstić information content (AvgIpc) is 2.03. The lowest BCUT2D eigenvalue weighted by atomic mass is 10.1. The van der Waals surface area contributed by atoms with Gasteiger partial charge in [0.05, 0.1) is 0 Å². The van der Waals surface area contributed by atoms with Gasteiger partial charge in [0.2, 0.25) is 0 Å². The summed E-state index contributed by atoms with van der Waals surface area (Å²) in [6, 6.07) is 0. The minimum absolute atomic E-state index is 1.05. The maximum Gasteiger partial charge on any atom is -0.0348 e. The summed E-state index contributed by atoms with van der Waals surface area (Å²) in [4.78, 5) is 0. The molecule has 0 unspecified atom stereocenters. The highest BCUT2D eigenvalue weighted by atomic mass is 13.9. The van der Waals surface area contributed by atoms with Crippen molar-refractivity contribution < 1.29 is 0 Å². The molecule has 0 spiro atoms. The second kappa shape index (κ2) is 9.22. The van der Waals surface area contributed by atoms with Crippen molar-refractivity contribution in [3.05, 3.63) is 37.5 Å². The summed E-state index contributed by atoms with van der Waals surface area (Å²) >= 11 is 0. The quantitative estimate of drug-likeness (QED) is 0.382. The molecule has 0 saturated heterocycles. The molecule has 61 valence electrons. The maximum absolute atomic E-state index is 5.24. The van der Waals surface area contributed by atoms with Gasteiger partial charge in [-0.1, -0.05) is 43.9 Å². The van der Waals surface area contributed by atoms with Crippen LogP contribution in [0.1, 0.15) is 32.1 Å². The van der Waals surface area contributed by atoms with Crippen LogP contribution in [0.15, 0.2) is 30.9 Å². The number of unbranched alkanes of at least 4 members (excludes halogenated alkanes) is 4. The van der Waals surface area contributed by atoms with E-state index in [1.54, 1.807) is 6.08 Å². The van der Waals surface area contributed by atoms with Crippen molar-refractivity contribution in [2.24, 2.45) is 0 Å². The van der Waals surface area contributed by atoms with Crippen molar-refractivity contribution in [2.45, 2.75) is 32.1 Å². The summed E-state index contributed by atoms with van der Waals surface area (Å²) in [6.45, 7) is 8.84. The molecule has 1 radical (unpaired) electrons. The standard InChI is InChI=1S/C11H17/c1-3-5-7-9-11-10-8-6-4-2/h1,3-4,6,8H,2,5,7,9-11H2. The Morgan fingerprint density at radius 3 is 2.45 bits per heavy atom. The van der Waals surface area contributed by atoms with Crippen molar-refractivity contribution >= 4 is 0 Å².